The summed E-state index contributed by atoms with van der Waals surface area (Å²) < 4.78 is 11.7. The summed E-state index contributed by atoms with van der Waals surface area (Å²) in [4.78, 5) is 11.2. The predicted molar refractivity (Wildman–Crippen MR) is 75.6 cm³/mol. The summed E-state index contributed by atoms with van der Waals surface area (Å²) in [6.07, 6.45) is 0.717. The van der Waals surface area contributed by atoms with E-state index in [1.807, 2.05) is 6.92 Å². The number of benzene rings is 1. The molecule has 0 fully saturated rings. The summed E-state index contributed by atoms with van der Waals surface area (Å²) in [6, 6.07) is 1.64. The first kappa shape index (κ1) is 15.5. The molecule has 0 saturated heterocycles. The molecule has 0 aliphatic rings. The van der Waals surface area contributed by atoms with Crippen LogP contribution in [0.15, 0.2) is 15.0 Å². The molecule has 6 heteroatoms. The third kappa shape index (κ3) is 3.46. The number of aromatic carboxylic acids is 1. The monoisotopic (exact) mass is 380 g/mol. The Kier molecular flexibility index (Phi) is 6.11. The van der Waals surface area contributed by atoms with Crippen molar-refractivity contribution in [2.75, 3.05) is 20.3 Å². The molecular formula is C12H14Br2O4. The zero-order chi connectivity index (χ0) is 13.7. The molecule has 1 aromatic carbocycles. The fourth-order valence-electron chi connectivity index (χ4n) is 1.43. The van der Waals surface area contributed by atoms with E-state index in [2.05, 4.69) is 31.9 Å². The number of rotatable bonds is 6. The van der Waals surface area contributed by atoms with Gasteiger partial charge in [-0.2, -0.15) is 0 Å². The molecule has 0 heterocycles. The van der Waals surface area contributed by atoms with Crippen LogP contribution in [0.3, 0.4) is 0 Å². The van der Waals surface area contributed by atoms with Crippen LogP contribution in [0.4, 0.5) is 0 Å². The van der Waals surface area contributed by atoms with Crippen molar-refractivity contribution >= 4 is 37.8 Å². The Hall–Kier alpha value is -0.590. The van der Waals surface area contributed by atoms with Gasteiger partial charge in [0.15, 0.2) is 0 Å². The summed E-state index contributed by atoms with van der Waals surface area (Å²) in [6.45, 7) is 2.76. The molecule has 0 unspecified atom stereocenters. The molecule has 18 heavy (non-hydrogen) atoms. The van der Waals surface area contributed by atoms with E-state index in [0.29, 0.717) is 23.4 Å². The normalized spacial score (nSPS) is 10.4. The standard InChI is InChI=1S/C12H14Br2O4/c1-3-7-6-8(12(15)16)10(14)11(9(7)13)18-5-4-17-2/h6H,3-5H2,1-2H3,(H,15,16). The number of aryl methyl sites for hydroxylation is 1. The molecule has 0 aliphatic heterocycles. The fourth-order valence-corrected chi connectivity index (χ4v) is 3.00. The minimum absolute atomic E-state index is 0.197. The largest absolute Gasteiger partial charge is 0.489 e. The number of ether oxygens (including phenoxy) is 2. The Balaban J connectivity index is 3.20. The second kappa shape index (κ2) is 7.11. The molecular weight excluding hydrogens is 368 g/mol. The average Bonchev–Trinajstić information content (AvgIpc) is 2.33. The van der Waals surface area contributed by atoms with Gasteiger partial charge in [-0.25, -0.2) is 4.79 Å². The van der Waals surface area contributed by atoms with Gasteiger partial charge < -0.3 is 14.6 Å². The number of hydrogen-bond acceptors (Lipinski definition) is 3. The summed E-state index contributed by atoms with van der Waals surface area (Å²) in [7, 11) is 1.58. The van der Waals surface area contributed by atoms with Gasteiger partial charge in [-0.05, 0) is 49.9 Å². The van der Waals surface area contributed by atoms with Crippen molar-refractivity contribution in [1.82, 2.24) is 0 Å². The van der Waals surface area contributed by atoms with Crippen LogP contribution in [0, 0.1) is 0 Å². The zero-order valence-corrected chi connectivity index (χ0v) is 13.3. The molecule has 0 amide bonds. The van der Waals surface area contributed by atoms with Crippen LogP contribution in [0.1, 0.15) is 22.8 Å². The van der Waals surface area contributed by atoms with Crippen LogP contribution in [0.25, 0.3) is 0 Å². The maximum atomic E-state index is 11.2. The number of carboxylic acid groups (broad SMARTS) is 1. The van der Waals surface area contributed by atoms with Crippen molar-refractivity contribution in [3.05, 3.63) is 26.1 Å². The molecule has 0 aliphatic carbocycles. The molecule has 1 rings (SSSR count). The van der Waals surface area contributed by atoms with Crippen LogP contribution in [0.5, 0.6) is 5.75 Å². The van der Waals surface area contributed by atoms with Crippen LogP contribution in [0.2, 0.25) is 0 Å². The number of methoxy groups -OCH3 is 1. The minimum atomic E-state index is -0.985. The van der Waals surface area contributed by atoms with Gasteiger partial charge in [0.1, 0.15) is 12.4 Å². The summed E-state index contributed by atoms with van der Waals surface area (Å²) >= 11 is 6.71. The highest BCUT2D eigenvalue weighted by atomic mass is 79.9. The molecule has 0 aromatic heterocycles. The first-order chi connectivity index (χ1) is 8.52. The van der Waals surface area contributed by atoms with E-state index in [0.717, 1.165) is 16.5 Å². The Morgan fingerprint density at radius 2 is 2.00 bits per heavy atom. The molecule has 1 aromatic rings. The van der Waals surface area contributed by atoms with Crippen molar-refractivity contribution in [3.8, 4) is 5.75 Å². The van der Waals surface area contributed by atoms with E-state index in [9.17, 15) is 4.79 Å². The van der Waals surface area contributed by atoms with E-state index in [-0.39, 0.29) is 5.56 Å². The zero-order valence-electron chi connectivity index (χ0n) is 10.1. The smallest absolute Gasteiger partial charge is 0.336 e. The fraction of sp³-hybridized carbons (Fsp3) is 0.417. The topological polar surface area (TPSA) is 55.8 Å². The van der Waals surface area contributed by atoms with Crippen molar-refractivity contribution < 1.29 is 19.4 Å². The van der Waals surface area contributed by atoms with E-state index in [1.165, 1.54) is 0 Å². The lowest BCUT2D eigenvalue weighted by Gasteiger charge is -2.14. The highest BCUT2D eigenvalue weighted by molar-refractivity contribution is 9.11. The van der Waals surface area contributed by atoms with Gasteiger partial charge in [0.2, 0.25) is 0 Å². The lowest BCUT2D eigenvalue weighted by Crippen LogP contribution is -2.08. The molecule has 0 saturated carbocycles. The highest BCUT2D eigenvalue weighted by Gasteiger charge is 2.19. The third-order valence-corrected chi connectivity index (χ3v) is 4.04. The summed E-state index contributed by atoms with van der Waals surface area (Å²) in [5, 5.41) is 9.15. The lowest BCUT2D eigenvalue weighted by atomic mass is 10.1. The van der Waals surface area contributed by atoms with Crippen LogP contribution < -0.4 is 4.74 Å². The van der Waals surface area contributed by atoms with E-state index >= 15 is 0 Å². The van der Waals surface area contributed by atoms with Gasteiger partial charge in [0, 0.05) is 7.11 Å². The van der Waals surface area contributed by atoms with Gasteiger partial charge in [0.05, 0.1) is 21.1 Å². The van der Waals surface area contributed by atoms with E-state index in [4.69, 9.17) is 14.6 Å². The maximum Gasteiger partial charge on any atom is 0.336 e. The first-order valence-corrected chi connectivity index (χ1v) is 6.97. The number of hydrogen-bond donors (Lipinski definition) is 1. The van der Waals surface area contributed by atoms with E-state index < -0.39 is 5.97 Å². The van der Waals surface area contributed by atoms with Crippen molar-refractivity contribution in [2.45, 2.75) is 13.3 Å². The first-order valence-electron chi connectivity index (χ1n) is 5.38. The Labute approximate surface area is 123 Å². The van der Waals surface area contributed by atoms with Crippen LogP contribution in [-0.4, -0.2) is 31.4 Å². The van der Waals surface area contributed by atoms with Crippen LogP contribution >= 0.6 is 31.9 Å². The van der Waals surface area contributed by atoms with Crippen molar-refractivity contribution in [2.24, 2.45) is 0 Å². The molecule has 4 nitrogen and oxygen atoms in total. The predicted octanol–water partition coefficient (Wildman–Crippen LogP) is 3.50. The molecule has 1 N–H and O–H groups in total. The van der Waals surface area contributed by atoms with Gasteiger partial charge in [-0.15, -0.1) is 0 Å². The minimum Gasteiger partial charge on any atom is -0.489 e. The molecule has 0 bridgehead atoms. The molecule has 0 spiro atoms. The Bertz CT molecular complexity index is 446. The summed E-state index contributed by atoms with van der Waals surface area (Å²) in [5.74, 6) is -0.482. The van der Waals surface area contributed by atoms with E-state index in [1.54, 1.807) is 13.2 Å². The quantitative estimate of drug-likeness (QED) is 0.766. The van der Waals surface area contributed by atoms with Crippen molar-refractivity contribution in [3.63, 3.8) is 0 Å². The molecule has 0 radical (unpaired) electrons. The second-order valence-corrected chi connectivity index (χ2v) is 5.13. The lowest BCUT2D eigenvalue weighted by molar-refractivity contribution is 0.0695. The molecule has 0 atom stereocenters. The van der Waals surface area contributed by atoms with Gasteiger partial charge in [-0.3, -0.25) is 0 Å². The summed E-state index contributed by atoms with van der Waals surface area (Å²) in [5.41, 5.74) is 1.09. The highest BCUT2D eigenvalue weighted by Crippen LogP contribution is 2.39. The SMILES string of the molecule is CCc1cc(C(=O)O)c(Br)c(OCCOC)c1Br. The van der Waals surface area contributed by atoms with Crippen LogP contribution in [-0.2, 0) is 11.2 Å². The Morgan fingerprint density at radius 3 is 2.50 bits per heavy atom. The van der Waals surface area contributed by atoms with Gasteiger partial charge >= 0.3 is 5.97 Å². The van der Waals surface area contributed by atoms with Gasteiger partial charge in [0.25, 0.3) is 0 Å². The number of carbonyl (C=O) groups is 1. The maximum absolute atomic E-state index is 11.2. The van der Waals surface area contributed by atoms with Crippen molar-refractivity contribution in [1.29, 1.82) is 0 Å². The molecule has 100 valence electrons. The van der Waals surface area contributed by atoms with Gasteiger partial charge in [-0.1, -0.05) is 6.92 Å². The second-order valence-electron chi connectivity index (χ2n) is 3.54. The number of halogens is 2. The third-order valence-electron chi connectivity index (χ3n) is 2.38. The Morgan fingerprint density at radius 1 is 1.33 bits per heavy atom. The number of carboxylic acids is 1. The average molecular weight is 382 g/mol.